The number of halogens is 3. The molecule has 0 aromatic heterocycles. The zero-order chi connectivity index (χ0) is 16.4. The van der Waals surface area contributed by atoms with E-state index in [4.69, 9.17) is 11.6 Å². The lowest BCUT2D eigenvalue weighted by atomic mass is 10.1. The number of likely N-dealkylation sites (tertiary alicyclic amines) is 1. The largest absolute Gasteiger partial charge is 0.322 e. The van der Waals surface area contributed by atoms with Crippen LogP contribution in [0.5, 0.6) is 0 Å². The molecule has 0 spiro atoms. The quantitative estimate of drug-likeness (QED) is 0.823. The second-order valence-electron chi connectivity index (χ2n) is 5.44. The Morgan fingerprint density at radius 3 is 2.78 bits per heavy atom. The third-order valence-corrected chi connectivity index (χ3v) is 4.18. The van der Waals surface area contributed by atoms with Gasteiger partial charge in [-0.2, -0.15) is 0 Å². The number of carbonyl (C=O) groups is 1. The van der Waals surface area contributed by atoms with E-state index in [1.807, 2.05) is 18.2 Å². The third-order valence-electron chi connectivity index (χ3n) is 3.94. The number of carbonyl (C=O) groups excluding carboxylic acids is 1. The van der Waals surface area contributed by atoms with Crippen LogP contribution < -0.4 is 5.32 Å². The number of benzene rings is 2. The molecule has 3 rings (SSSR count). The van der Waals surface area contributed by atoms with E-state index in [0.29, 0.717) is 11.6 Å². The molecule has 0 saturated carbocycles. The summed E-state index contributed by atoms with van der Waals surface area (Å²) in [5, 5.41) is 3.05. The summed E-state index contributed by atoms with van der Waals surface area (Å²) in [4.78, 5) is 14.1. The monoisotopic (exact) mass is 336 g/mol. The van der Waals surface area contributed by atoms with E-state index in [1.165, 1.54) is 12.1 Å². The highest BCUT2D eigenvalue weighted by Crippen LogP contribution is 2.33. The summed E-state index contributed by atoms with van der Waals surface area (Å²) >= 11 is 6.01. The van der Waals surface area contributed by atoms with Crippen molar-refractivity contribution < 1.29 is 13.6 Å². The Morgan fingerprint density at radius 2 is 2.00 bits per heavy atom. The van der Waals surface area contributed by atoms with Crippen LogP contribution in [0.3, 0.4) is 0 Å². The normalized spacial score (nSPS) is 17.3. The zero-order valence-electron chi connectivity index (χ0n) is 12.2. The van der Waals surface area contributed by atoms with Gasteiger partial charge in [-0.05, 0) is 42.7 Å². The fraction of sp³-hybridized carbons (Fsp3) is 0.235. The Hall–Kier alpha value is -2.14. The molecule has 3 nitrogen and oxygen atoms in total. The van der Waals surface area contributed by atoms with Crippen molar-refractivity contribution in [3.63, 3.8) is 0 Å². The first-order chi connectivity index (χ1) is 11.1. The Balaban J connectivity index is 1.80. The van der Waals surface area contributed by atoms with Gasteiger partial charge in [0.25, 0.3) is 0 Å². The number of amides is 2. The average molecular weight is 337 g/mol. The molecule has 120 valence electrons. The summed E-state index contributed by atoms with van der Waals surface area (Å²) in [6.07, 6.45) is 1.65. The second-order valence-corrected chi connectivity index (χ2v) is 5.87. The van der Waals surface area contributed by atoms with Crippen molar-refractivity contribution in [2.45, 2.75) is 18.9 Å². The van der Waals surface area contributed by atoms with Crippen LogP contribution in [0.2, 0.25) is 5.02 Å². The van der Waals surface area contributed by atoms with Crippen molar-refractivity contribution in [2.75, 3.05) is 11.9 Å². The number of anilines is 1. The van der Waals surface area contributed by atoms with E-state index < -0.39 is 17.7 Å². The molecule has 0 bridgehead atoms. The van der Waals surface area contributed by atoms with Crippen LogP contribution in [0.25, 0.3) is 0 Å². The summed E-state index contributed by atoms with van der Waals surface area (Å²) in [7, 11) is 0. The van der Waals surface area contributed by atoms with Crippen LogP contribution in [-0.2, 0) is 0 Å². The number of urea groups is 1. The van der Waals surface area contributed by atoms with Crippen molar-refractivity contribution in [2.24, 2.45) is 0 Å². The average Bonchev–Trinajstić information content (AvgIpc) is 3.01. The lowest BCUT2D eigenvalue weighted by molar-refractivity contribution is 0.207. The first-order valence-electron chi connectivity index (χ1n) is 7.33. The number of hydrogen-bond acceptors (Lipinski definition) is 1. The zero-order valence-corrected chi connectivity index (χ0v) is 13.0. The molecular formula is C17H15ClF2N2O. The number of nitrogens with zero attached hydrogens (tertiary/aromatic N) is 1. The maximum atomic E-state index is 13.7. The van der Waals surface area contributed by atoms with Crippen LogP contribution in [0.15, 0.2) is 42.5 Å². The van der Waals surface area contributed by atoms with Crippen LogP contribution in [0.4, 0.5) is 19.3 Å². The van der Waals surface area contributed by atoms with Gasteiger partial charge in [-0.15, -0.1) is 0 Å². The van der Waals surface area contributed by atoms with Gasteiger partial charge >= 0.3 is 6.03 Å². The lowest BCUT2D eigenvalue weighted by Crippen LogP contribution is -2.34. The van der Waals surface area contributed by atoms with Crippen molar-refractivity contribution in [1.82, 2.24) is 4.90 Å². The van der Waals surface area contributed by atoms with Crippen LogP contribution in [-0.4, -0.2) is 17.5 Å². The van der Waals surface area contributed by atoms with E-state index in [-0.39, 0.29) is 11.7 Å². The minimum absolute atomic E-state index is 0.120. The van der Waals surface area contributed by atoms with Crippen LogP contribution in [0, 0.1) is 11.6 Å². The Labute approximate surface area is 137 Å². The summed E-state index contributed by atoms with van der Waals surface area (Å²) < 4.78 is 26.9. The van der Waals surface area contributed by atoms with Gasteiger partial charge in [-0.3, -0.25) is 0 Å². The SMILES string of the molecule is O=C(Nc1cccc(F)c1F)N1CCCC1c1cccc(Cl)c1. The molecule has 1 atom stereocenters. The molecular weight excluding hydrogens is 322 g/mol. The van der Waals surface area contributed by atoms with E-state index in [1.54, 1.807) is 11.0 Å². The molecule has 2 aromatic carbocycles. The van der Waals surface area contributed by atoms with Crippen molar-refractivity contribution in [3.8, 4) is 0 Å². The first-order valence-corrected chi connectivity index (χ1v) is 7.71. The van der Waals surface area contributed by atoms with Gasteiger partial charge in [0.05, 0.1) is 11.7 Å². The second kappa shape index (κ2) is 6.54. The Morgan fingerprint density at radius 1 is 1.22 bits per heavy atom. The minimum Gasteiger partial charge on any atom is -0.317 e. The van der Waals surface area contributed by atoms with Gasteiger partial charge in [-0.25, -0.2) is 13.6 Å². The Bertz CT molecular complexity index is 738. The van der Waals surface area contributed by atoms with E-state index in [9.17, 15) is 13.6 Å². The van der Waals surface area contributed by atoms with Gasteiger partial charge in [0.2, 0.25) is 0 Å². The van der Waals surface area contributed by atoms with Crippen LogP contribution >= 0.6 is 11.6 Å². The van der Waals surface area contributed by atoms with Gasteiger partial charge in [-0.1, -0.05) is 29.8 Å². The molecule has 2 aromatic rings. The molecule has 1 N–H and O–H groups in total. The molecule has 23 heavy (non-hydrogen) atoms. The molecule has 1 saturated heterocycles. The predicted octanol–water partition coefficient (Wildman–Crippen LogP) is 4.99. The smallest absolute Gasteiger partial charge is 0.317 e. The molecule has 1 unspecified atom stereocenters. The summed E-state index contributed by atoms with van der Waals surface area (Å²) in [5.74, 6) is -2.05. The number of rotatable bonds is 2. The highest BCUT2D eigenvalue weighted by molar-refractivity contribution is 6.30. The summed E-state index contributed by atoms with van der Waals surface area (Å²) in [5.41, 5.74) is 0.775. The standard InChI is InChI=1S/C17H15ClF2N2O/c18-12-5-1-4-11(10-12)15-8-3-9-22(15)17(23)21-14-7-2-6-13(19)16(14)20/h1-2,4-7,10,15H,3,8-9H2,(H,21,23). The lowest BCUT2D eigenvalue weighted by Gasteiger charge is -2.25. The van der Waals surface area contributed by atoms with E-state index in [0.717, 1.165) is 24.5 Å². The predicted molar refractivity (Wildman–Crippen MR) is 85.5 cm³/mol. The molecule has 0 aliphatic carbocycles. The highest BCUT2D eigenvalue weighted by Gasteiger charge is 2.30. The van der Waals surface area contributed by atoms with Crippen molar-refractivity contribution in [3.05, 3.63) is 64.7 Å². The molecule has 1 fully saturated rings. The Kier molecular flexibility index (Phi) is 4.48. The molecule has 6 heteroatoms. The highest BCUT2D eigenvalue weighted by atomic mass is 35.5. The maximum absolute atomic E-state index is 13.7. The fourth-order valence-corrected chi connectivity index (χ4v) is 3.06. The van der Waals surface area contributed by atoms with Gasteiger partial charge in [0.15, 0.2) is 11.6 Å². The summed E-state index contributed by atoms with van der Waals surface area (Å²) in [6.45, 7) is 0.556. The molecule has 1 heterocycles. The number of hydrogen-bond donors (Lipinski definition) is 1. The van der Waals surface area contributed by atoms with Gasteiger partial charge in [0.1, 0.15) is 0 Å². The van der Waals surface area contributed by atoms with Gasteiger partial charge < -0.3 is 10.2 Å². The maximum Gasteiger partial charge on any atom is 0.322 e. The van der Waals surface area contributed by atoms with E-state index in [2.05, 4.69) is 5.32 Å². The van der Waals surface area contributed by atoms with Gasteiger partial charge in [0, 0.05) is 11.6 Å². The molecule has 2 amide bonds. The fourth-order valence-electron chi connectivity index (χ4n) is 2.86. The minimum atomic E-state index is -1.06. The molecule has 0 radical (unpaired) electrons. The first kappa shape index (κ1) is 15.7. The summed E-state index contributed by atoms with van der Waals surface area (Å²) in [6, 6.07) is 10.5. The van der Waals surface area contributed by atoms with Crippen molar-refractivity contribution >= 4 is 23.3 Å². The topological polar surface area (TPSA) is 32.3 Å². The van der Waals surface area contributed by atoms with Crippen LogP contribution in [0.1, 0.15) is 24.4 Å². The van der Waals surface area contributed by atoms with Crippen molar-refractivity contribution in [1.29, 1.82) is 0 Å². The van der Waals surface area contributed by atoms with E-state index >= 15 is 0 Å². The molecule has 1 aliphatic rings. The number of nitrogens with one attached hydrogen (secondary N) is 1. The molecule has 1 aliphatic heterocycles. The third kappa shape index (κ3) is 3.29.